The van der Waals surface area contributed by atoms with Crippen LogP contribution >= 0.6 is 0 Å². The van der Waals surface area contributed by atoms with E-state index in [1.165, 1.54) is 66.8 Å². The molecular formula is C73H58N4. The average molecular weight is 991 g/mol. The maximum absolute atomic E-state index is 10.9. The Morgan fingerprint density at radius 2 is 0.948 bits per heavy atom. The number of nitriles is 2. The number of para-hydroxylation sites is 2. The molecule has 4 heteroatoms. The lowest BCUT2D eigenvalue weighted by Gasteiger charge is -2.44. The number of hydrogen-bond acceptors (Lipinski definition) is 4. The van der Waals surface area contributed by atoms with Crippen LogP contribution in [0.15, 0.2) is 246 Å². The standard InChI is InChI=1S/C73H58N4/c1-45-13-12-16-56(34-45)64-41-54(59-35-46(2)31-47(3)36-59)23-29-70(64)76(66-17-10-8-14-57(66)43-74)68-27-21-52-20-26-63-69(28-22-53-19-25-62(68)72(52)73(53)63)77(67-18-11-9-15-58(67)44-75)71-30-24-55(60-37-48(4)32-49(5)38-60)42-65(71)61-39-50(6)33-51(7)40-61/h8-42,68,73H,1-7H3. The highest BCUT2D eigenvalue weighted by molar-refractivity contribution is 5.93. The van der Waals surface area contributed by atoms with Crippen LogP contribution in [0.5, 0.6) is 0 Å². The highest BCUT2D eigenvalue weighted by Gasteiger charge is 2.41. The molecule has 77 heavy (non-hydrogen) atoms. The molecule has 8 aromatic rings. The lowest BCUT2D eigenvalue weighted by molar-refractivity contribution is 0.773. The summed E-state index contributed by atoms with van der Waals surface area (Å²) >= 11 is 0. The molecule has 0 amide bonds. The molecule has 2 unspecified atom stereocenters. The molecule has 8 aromatic carbocycles. The number of anilines is 4. The Morgan fingerprint density at radius 3 is 1.56 bits per heavy atom. The van der Waals surface area contributed by atoms with Crippen molar-refractivity contribution in [3.63, 3.8) is 0 Å². The third-order valence-electron chi connectivity index (χ3n) is 15.5. The van der Waals surface area contributed by atoms with Gasteiger partial charge in [-0.3, -0.25) is 0 Å². The SMILES string of the molecule is Cc1cc(C)cc(-c2ccc(N(C3=C4C=CC5=C6C(=CC=C(C=C3)C46)C(N(c3ccccc3C#N)c3ccc(-c4cc(C)cc(C)c4)cc3-c3cccc(C)c3)C=C5)c3ccccc3C#N)c(-c3cc(C)cc(C)c3)c2)c1. The number of aryl methyl sites for hydroxylation is 7. The van der Waals surface area contributed by atoms with Crippen molar-refractivity contribution in [2.45, 2.75) is 54.5 Å². The molecule has 4 aliphatic carbocycles. The van der Waals surface area contributed by atoms with Crippen LogP contribution in [0.25, 0.3) is 44.5 Å². The Bertz CT molecular complexity index is 4050. The number of benzene rings is 8. The fourth-order valence-corrected chi connectivity index (χ4v) is 12.4. The van der Waals surface area contributed by atoms with E-state index in [0.29, 0.717) is 11.1 Å². The van der Waals surface area contributed by atoms with Crippen LogP contribution in [-0.2, 0) is 0 Å². The van der Waals surface area contributed by atoms with Gasteiger partial charge < -0.3 is 9.80 Å². The molecule has 4 nitrogen and oxygen atoms in total. The maximum atomic E-state index is 10.9. The van der Waals surface area contributed by atoms with Gasteiger partial charge in [0.2, 0.25) is 0 Å². The van der Waals surface area contributed by atoms with Gasteiger partial charge in [0.1, 0.15) is 12.1 Å². The minimum Gasteiger partial charge on any atom is -0.329 e. The van der Waals surface area contributed by atoms with Crippen LogP contribution in [0.4, 0.5) is 22.7 Å². The van der Waals surface area contributed by atoms with E-state index < -0.39 is 0 Å². The van der Waals surface area contributed by atoms with Gasteiger partial charge in [-0.2, -0.15) is 10.5 Å². The first kappa shape index (κ1) is 48.5. The normalized spacial score (nSPS) is 15.9. The molecule has 0 saturated carbocycles. The van der Waals surface area contributed by atoms with Gasteiger partial charge in [-0.1, -0.05) is 197 Å². The second-order valence-corrected chi connectivity index (χ2v) is 21.3. The summed E-state index contributed by atoms with van der Waals surface area (Å²) in [6, 6.07) is 63.6. The summed E-state index contributed by atoms with van der Waals surface area (Å²) < 4.78 is 0. The molecule has 0 heterocycles. The number of hydrogen-bond donors (Lipinski definition) is 0. The van der Waals surface area contributed by atoms with Crippen molar-refractivity contribution in [1.29, 1.82) is 10.5 Å². The van der Waals surface area contributed by atoms with Crippen molar-refractivity contribution in [3.05, 3.63) is 296 Å². The smallest absolute Gasteiger partial charge is 0.101 e. The molecule has 0 N–H and O–H groups in total. The molecule has 0 bridgehead atoms. The lowest BCUT2D eigenvalue weighted by atomic mass is 9.67. The minimum atomic E-state index is -0.289. The predicted molar refractivity (Wildman–Crippen MR) is 319 cm³/mol. The monoisotopic (exact) mass is 990 g/mol. The summed E-state index contributed by atoms with van der Waals surface area (Å²) in [5, 5.41) is 21.8. The van der Waals surface area contributed by atoms with Crippen molar-refractivity contribution in [1.82, 2.24) is 0 Å². The number of rotatable bonds is 10. The molecule has 12 rings (SSSR count). The third-order valence-corrected chi connectivity index (χ3v) is 15.5. The Labute approximate surface area is 453 Å². The Kier molecular flexibility index (Phi) is 12.4. The number of allylic oxidation sites excluding steroid dienone is 10. The predicted octanol–water partition coefficient (Wildman–Crippen LogP) is 18.3. The summed E-state index contributed by atoms with van der Waals surface area (Å²) in [4.78, 5) is 4.74. The van der Waals surface area contributed by atoms with E-state index in [9.17, 15) is 10.5 Å². The lowest BCUT2D eigenvalue weighted by Crippen LogP contribution is -2.38. The van der Waals surface area contributed by atoms with Crippen LogP contribution in [0.3, 0.4) is 0 Å². The van der Waals surface area contributed by atoms with E-state index in [0.717, 1.165) is 73.0 Å². The quantitative estimate of drug-likeness (QED) is 0.137. The third kappa shape index (κ3) is 8.89. The van der Waals surface area contributed by atoms with E-state index >= 15 is 0 Å². The fourth-order valence-electron chi connectivity index (χ4n) is 12.4. The van der Waals surface area contributed by atoms with Crippen LogP contribution in [-0.4, -0.2) is 6.04 Å². The molecule has 2 atom stereocenters. The van der Waals surface area contributed by atoms with Gasteiger partial charge in [-0.15, -0.1) is 0 Å². The molecule has 0 aliphatic heterocycles. The summed E-state index contributed by atoms with van der Waals surface area (Å²) in [6.45, 7) is 15.1. The highest BCUT2D eigenvalue weighted by atomic mass is 15.2. The topological polar surface area (TPSA) is 54.1 Å². The van der Waals surface area contributed by atoms with Crippen molar-refractivity contribution < 1.29 is 0 Å². The molecular weight excluding hydrogens is 933 g/mol. The van der Waals surface area contributed by atoms with Gasteiger partial charge >= 0.3 is 0 Å². The van der Waals surface area contributed by atoms with Crippen molar-refractivity contribution in [3.8, 4) is 56.6 Å². The maximum Gasteiger partial charge on any atom is 0.101 e. The Hall–Kier alpha value is -9.48. The zero-order valence-corrected chi connectivity index (χ0v) is 44.7. The summed E-state index contributed by atoms with van der Waals surface area (Å²) in [7, 11) is 0. The molecule has 0 fully saturated rings. The highest BCUT2D eigenvalue weighted by Crippen LogP contribution is 2.54. The second-order valence-electron chi connectivity index (χ2n) is 21.3. The first-order chi connectivity index (χ1) is 37.4. The zero-order valence-electron chi connectivity index (χ0n) is 44.7. The van der Waals surface area contributed by atoms with E-state index in [2.05, 4.69) is 246 Å². The summed E-state index contributed by atoms with van der Waals surface area (Å²) in [5.74, 6) is -0.116. The van der Waals surface area contributed by atoms with Crippen molar-refractivity contribution >= 4 is 22.7 Å². The van der Waals surface area contributed by atoms with Gasteiger partial charge in [-0.25, -0.2) is 0 Å². The van der Waals surface area contributed by atoms with E-state index in [4.69, 9.17) is 0 Å². The average Bonchev–Trinajstić information content (AvgIpc) is 3.49. The fraction of sp³-hybridized carbons (Fsp3) is 0.123. The van der Waals surface area contributed by atoms with Crippen molar-refractivity contribution in [2.24, 2.45) is 5.92 Å². The minimum absolute atomic E-state index is 0.116. The second kappa shape index (κ2) is 19.7. The van der Waals surface area contributed by atoms with Crippen LogP contribution in [0.1, 0.15) is 50.1 Å². The first-order valence-electron chi connectivity index (χ1n) is 26.6. The summed E-state index contributed by atoms with van der Waals surface area (Å²) in [5.41, 5.74) is 29.2. The van der Waals surface area contributed by atoms with E-state index in [-0.39, 0.29) is 12.0 Å². The number of nitrogens with zero attached hydrogens (tertiary/aromatic N) is 4. The molecule has 370 valence electrons. The molecule has 4 aliphatic rings. The zero-order chi connectivity index (χ0) is 53.1. The summed E-state index contributed by atoms with van der Waals surface area (Å²) in [6.07, 6.45) is 18.3. The van der Waals surface area contributed by atoms with Gasteiger partial charge in [-0.05, 0) is 164 Å². The van der Waals surface area contributed by atoms with Crippen LogP contribution < -0.4 is 9.80 Å². The molecule has 0 spiro atoms. The Morgan fingerprint density at radius 1 is 0.403 bits per heavy atom. The van der Waals surface area contributed by atoms with E-state index in [1.54, 1.807) is 0 Å². The van der Waals surface area contributed by atoms with Crippen LogP contribution in [0.2, 0.25) is 0 Å². The van der Waals surface area contributed by atoms with Gasteiger partial charge in [0.25, 0.3) is 0 Å². The van der Waals surface area contributed by atoms with E-state index in [1.807, 2.05) is 36.4 Å². The molecule has 0 saturated heterocycles. The van der Waals surface area contributed by atoms with Gasteiger partial charge in [0.05, 0.1) is 39.9 Å². The largest absolute Gasteiger partial charge is 0.329 e. The molecule has 0 aromatic heterocycles. The first-order valence-corrected chi connectivity index (χ1v) is 26.6. The van der Waals surface area contributed by atoms with Gasteiger partial charge in [0, 0.05) is 22.7 Å². The van der Waals surface area contributed by atoms with Gasteiger partial charge in [0.15, 0.2) is 0 Å². The Balaban J connectivity index is 1.05. The van der Waals surface area contributed by atoms with Crippen LogP contribution in [0, 0.1) is 77.0 Å². The van der Waals surface area contributed by atoms with Crippen molar-refractivity contribution in [2.75, 3.05) is 9.80 Å². The molecule has 0 radical (unpaired) electrons.